The molecule has 1 aliphatic heterocycles. The first kappa shape index (κ1) is 17.5. The molecule has 1 aromatic heterocycles. The summed E-state index contributed by atoms with van der Waals surface area (Å²) in [5.74, 6) is -0.0819. The fourth-order valence-corrected chi connectivity index (χ4v) is 3.43. The Morgan fingerprint density at radius 2 is 1.89 bits per heavy atom. The average molecular weight is 362 g/mol. The lowest BCUT2D eigenvalue weighted by Crippen LogP contribution is -2.48. The van der Waals surface area contributed by atoms with Gasteiger partial charge in [0.15, 0.2) is 0 Å². The van der Waals surface area contributed by atoms with E-state index < -0.39 is 0 Å². The van der Waals surface area contributed by atoms with Crippen LogP contribution < -0.4 is 0 Å². The number of para-hydroxylation sites is 1. The first-order valence-electron chi connectivity index (χ1n) is 9.12. The Bertz CT molecular complexity index is 1000. The second-order valence-corrected chi connectivity index (χ2v) is 7.11. The molecule has 0 radical (unpaired) electrons. The Labute approximate surface area is 158 Å². The fraction of sp³-hybridized carbons (Fsp3) is 0.333. The summed E-state index contributed by atoms with van der Waals surface area (Å²) in [6.07, 6.45) is -0.154. The maximum Gasteiger partial charge on any atom is 0.293 e. The number of aryl methyl sites for hydroxylation is 2. The molecule has 4 rings (SSSR count). The van der Waals surface area contributed by atoms with Crippen molar-refractivity contribution in [3.8, 4) is 0 Å². The Kier molecular flexibility index (Phi) is 4.58. The maximum absolute atomic E-state index is 13.1. The van der Waals surface area contributed by atoms with E-state index in [2.05, 4.69) is 47.2 Å². The molecule has 3 aromatic rings. The third-order valence-electron chi connectivity index (χ3n) is 5.03. The van der Waals surface area contributed by atoms with Crippen LogP contribution in [0.4, 0.5) is 0 Å². The molecular weight excluding hydrogens is 340 g/mol. The van der Waals surface area contributed by atoms with E-state index in [-0.39, 0.29) is 23.9 Å². The number of hydrogen-bond acceptors (Lipinski definition) is 5. The summed E-state index contributed by atoms with van der Waals surface area (Å²) in [5, 5.41) is 8.19. The molecule has 0 saturated carbocycles. The Morgan fingerprint density at radius 1 is 1.11 bits per heavy atom. The number of rotatable bonds is 2. The molecule has 2 heterocycles. The monoisotopic (exact) mass is 362 g/mol. The molecule has 0 N–H and O–H groups in total. The molecule has 138 valence electrons. The van der Waals surface area contributed by atoms with Gasteiger partial charge in [-0.3, -0.25) is 4.79 Å². The van der Waals surface area contributed by atoms with Gasteiger partial charge in [0.2, 0.25) is 5.82 Å². The highest BCUT2D eigenvalue weighted by Gasteiger charge is 2.33. The van der Waals surface area contributed by atoms with Gasteiger partial charge in [0.1, 0.15) is 11.6 Å². The minimum atomic E-state index is -0.209. The van der Waals surface area contributed by atoms with Gasteiger partial charge in [-0.25, -0.2) is 4.98 Å². The number of benzene rings is 2. The van der Waals surface area contributed by atoms with Gasteiger partial charge >= 0.3 is 0 Å². The summed E-state index contributed by atoms with van der Waals surface area (Å²) in [6.45, 7) is 7.06. The van der Waals surface area contributed by atoms with E-state index in [1.807, 2.05) is 31.2 Å². The van der Waals surface area contributed by atoms with Crippen LogP contribution in [0.5, 0.6) is 0 Å². The molecule has 2 atom stereocenters. The van der Waals surface area contributed by atoms with E-state index in [9.17, 15) is 4.79 Å². The second-order valence-electron chi connectivity index (χ2n) is 7.11. The molecule has 1 aliphatic rings. The fourth-order valence-electron chi connectivity index (χ4n) is 3.43. The molecule has 1 fully saturated rings. The largest absolute Gasteiger partial charge is 0.370 e. The van der Waals surface area contributed by atoms with Crippen molar-refractivity contribution in [1.82, 2.24) is 20.1 Å². The number of morpholine rings is 1. The van der Waals surface area contributed by atoms with E-state index in [0.29, 0.717) is 24.2 Å². The molecule has 0 aliphatic carbocycles. The zero-order chi connectivity index (χ0) is 19.0. The zero-order valence-electron chi connectivity index (χ0n) is 15.7. The molecule has 2 aromatic carbocycles. The van der Waals surface area contributed by atoms with Gasteiger partial charge in [-0.2, -0.15) is 0 Å². The van der Waals surface area contributed by atoms with E-state index in [4.69, 9.17) is 4.74 Å². The van der Waals surface area contributed by atoms with Crippen LogP contribution in [0.25, 0.3) is 11.0 Å². The molecule has 1 saturated heterocycles. The summed E-state index contributed by atoms with van der Waals surface area (Å²) in [4.78, 5) is 19.3. The smallest absolute Gasteiger partial charge is 0.293 e. The summed E-state index contributed by atoms with van der Waals surface area (Å²) >= 11 is 0. The van der Waals surface area contributed by atoms with Crippen molar-refractivity contribution >= 4 is 16.9 Å². The van der Waals surface area contributed by atoms with Gasteiger partial charge in [-0.1, -0.05) is 35.9 Å². The first-order valence-corrected chi connectivity index (χ1v) is 9.12. The number of aromatic nitrogens is 3. The number of carbonyl (C=O) groups excluding carboxylic acids is 1. The number of carbonyl (C=O) groups is 1. The summed E-state index contributed by atoms with van der Waals surface area (Å²) in [6, 6.07) is 13.7. The average Bonchev–Trinajstić information content (AvgIpc) is 2.69. The minimum Gasteiger partial charge on any atom is -0.370 e. The Hall–Kier alpha value is -2.86. The van der Waals surface area contributed by atoms with E-state index >= 15 is 0 Å². The van der Waals surface area contributed by atoms with Crippen LogP contribution in [0.15, 0.2) is 42.5 Å². The Morgan fingerprint density at radius 3 is 2.70 bits per heavy atom. The van der Waals surface area contributed by atoms with E-state index in [1.165, 1.54) is 5.56 Å². The van der Waals surface area contributed by atoms with Crippen LogP contribution in [-0.2, 0) is 4.74 Å². The molecule has 1 amide bonds. The van der Waals surface area contributed by atoms with Crippen molar-refractivity contribution in [1.29, 1.82) is 0 Å². The standard InChI is InChI=1S/C21H22N4O2/c1-13-8-9-14(2)16(10-13)19-11-25(15(3)12-27-19)21(26)20-22-17-6-4-5-7-18(17)23-24-20/h4-10,15,19H,11-12H2,1-3H3/t15-,19+/m0/s1. The lowest BCUT2D eigenvalue weighted by molar-refractivity contribution is -0.0493. The topological polar surface area (TPSA) is 68.2 Å². The normalized spacial score (nSPS) is 20.0. The van der Waals surface area contributed by atoms with Gasteiger partial charge < -0.3 is 9.64 Å². The highest BCUT2D eigenvalue weighted by atomic mass is 16.5. The highest BCUT2D eigenvalue weighted by molar-refractivity contribution is 5.92. The van der Waals surface area contributed by atoms with E-state index in [0.717, 1.165) is 11.1 Å². The van der Waals surface area contributed by atoms with Crippen molar-refractivity contribution < 1.29 is 9.53 Å². The SMILES string of the molecule is Cc1ccc(C)c([C@H]2CN(C(=O)c3nnc4ccccc4n3)[C@@H](C)CO2)c1. The van der Waals surface area contributed by atoms with Crippen LogP contribution in [0.2, 0.25) is 0 Å². The second kappa shape index (κ2) is 7.04. The lowest BCUT2D eigenvalue weighted by atomic mass is 9.99. The number of nitrogens with zero attached hydrogens (tertiary/aromatic N) is 4. The van der Waals surface area contributed by atoms with Crippen LogP contribution in [0, 0.1) is 13.8 Å². The third kappa shape index (κ3) is 3.40. The van der Waals surface area contributed by atoms with Gasteiger partial charge in [-0.05, 0) is 44.0 Å². The molecule has 0 bridgehead atoms. The molecule has 0 unspecified atom stereocenters. The molecule has 6 heteroatoms. The quantitative estimate of drug-likeness (QED) is 0.700. The number of amides is 1. The summed E-state index contributed by atoms with van der Waals surface area (Å²) < 4.78 is 6.05. The predicted octanol–water partition coefficient (Wildman–Crippen LogP) is 3.24. The first-order chi connectivity index (χ1) is 13.0. The third-order valence-corrected chi connectivity index (χ3v) is 5.03. The highest BCUT2D eigenvalue weighted by Crippen LogP contribution is 2.28. The van der Waals surface area contributed by atoms with Crippen molar-refractivity contribution in [3.05, 3.63) is 65.0 Å². The van der Waals surface area contributed by atoms with Crippen LogP contribution in [-0.4, -0.2) is 45.2 Å². The van der Waals surface area contributed by atoms with Gasteiger partial charge in [0.25, 0.3) is 5.91 Å². The molecular formula is C21H22N4O2. The van der Waals surface area contributed by atoms with Crippen molar-refractivity contribution in [2.45, 2.75) is 32.9 Å². The zero-order valence-corrected chi connectivity index (χ0v) is 15.7. The van der Waals surface area contributed by atoms with Crippen LogP contribution in [0.1, 0.15) is 40.3 Å². The van der Waals surface area contributed by atoms with E-state index in [1.54, 1.807) is 4.90 Å². The number of hydrogen-bond donors (Lipinski definition) is 0. The predicted molar refractivity (Wildman–Crippen MR) is 102 cm³/mol. The van der Waals surface area contributed by atoms with Crippen molar-refractivity contribution in [3.63, 3.8) is 0 Å². The molecule has 27 heavy (non-hydrogen) atoms. The molecule has 0 spiro atoms. The summed E-state index contributed by atoms with van der Waals surface area (Å²) in [7, 11) is 0. The number of fused-ring (bicyclic) bond motifs is 1. The van der Waals surface area contributed by atoms with Crippen molar-refractivity contribution in [2.24, 2.45) is 0 Å². The summed E-state index contributed by atoms with van der Waals surface area (Å²) in [5.41, 5.74) is 4.81. The Balaban J connectivity index is 1.62. The maximum atomic E-state index is 13.1. The van der Waals surface area contributed by atoms with Gasteiger partial charge in [0, 0.05) is 0 Å². The van der Waals surface area contributed by atoms with Crippen LogP contribution >= 0.6 is 0 Å². The van der Waals surface area contributed by atoms with Crippen LogP contribution in [0.3, 0.4) is 0 Å². The number of ether oxygens (including phenoxy) is 1. The minimum absolute atomic E-state index is 0.0473. The lowest BCUT2D eigenvalue weighted by Gasteiger charge is -2.38. The van der Waals surface area contributed by atoms with Crippen molar-refractivity contribution in [2.75, 3.05) is 13.2 Å². The molecule has 6 nitrogen and oxygen atoms in total. The van der Waals surface area contributed by atoms with Gasteiger partial charge in [-0.15, -0.1) is 10.2 Å². The van der Waals surface area contributed by atoms with Gasteiger partial charge in [0.05, 0.1) is 24.7 Å².